The number of nitrogens with zero attached hydrogens (tertiary/aromatic N) is 3. The molecule has 2 fully saturated rings. The molecule has 7 heteroatoms. The van der Waals surface area contributed by atoms with Crippen LogP contribution in [0, 0.1) is 0 Å². The molecular weight excluding hydrogens is 426 g/mol. The Balaban J connectivity index is 1.36. The summed E-state index contributed by atoms with van der Waals surface area (Å²) in [6.07, 6.45) is 9.12. The van der Waals surface area contributed by atoms with Crippen LogP contribution in [0.15, 0.2) is 60.9 Å². The summed E-state index contributed by atoms with van der Waals surface area (Å²) in [6.45, 7) is 1.54. The van der Waals surface area contributed by atoms with E-state index in [1.807, 2.05) is 12.1 Å². The van der Waals surface area contributed by atoms with Gasteiger partial charge in [-0.3, -0.25) is 0 Å². The van der Waals surface area contributed by atoms with Gasteiger partial charge in [-0.1, -0.05) is 12.1 Å². The molecule has 1 saturated carbocycles. The third kappa shape index (κ3) is 3.96. The van der Waals surface area contributed by atoms with E-state index < -0.39 is 0 Å². The van der Waals surface area contributed by atoms with Gasteiger partial charge in [-0.2, -0.15) is 0 Å². The van der Waals surface area contributed by atoms with Crippen molar-refractivity contribution in [3.05, 3.63) is 60.9 Å². The average Bonchev–Trinajstić information content (AvgIpc) is 3.11. The molecule has 4 aromatic rings. The lowest BCUT2D eigenvalue weighted by Crippen LogP contribution is -2.25. The summed E-state index contributed by atoms with van der Waals surface area (Å²) in [7, 11) is 0. The smallest absolute Gasteiger partial charge is 0.227 e. The van der Waals surface area contributed by atoms with Crippen LogP contribution in [0.4, 0.5) is 17.3 Å². The first kappa shape index (κ1) is 21.0. The largest absolute Gasteiger partial charge is 0.490 e. The van der Waals surface area contributed by atoms with Gasteiger partial charge in [0.1, 0.15) is 11.9 Å². The monoisotopic (exact) mass is 455 g/mol. The minimum atomic E-state index is 0.212. The van der Waals surface area contributed by atoms with Gasteiger partial charge in [-0.15, -0.1) is 0 Å². The zero-order valence-corrected chi connectivity index (χ0v) is 19.1. The van der Waals surface area contributed by atoms with Gasteiger partial charge >= 0.3 is 0 Å². The molecule has 3 heterocycles. The molecule has 1 saturated heterocycles. The van der Waals surface area contributed by atoms with Crippen LogP contribution in [0.2, 0.25) is 0 Å². The molecular formula is C27H29N5O2. The van der Waals surface area contributed by atoms with Crippen LogP contribution in [0.1, 0.15) is 38.1 Å². The van der Waals surface area contributed by atoms with E-state index in [4.69, 9.17) is 15.2 Å². The van der Waals surface area contributed by atoms with Crippen molar-refractivity contribution in [2.45, 2.75) is 44.2 Å². The molecule has 7 nitrogen and oxygen atoms in total. The summed E-state index contributed by atoms with van der Waals surface area (Å²) in [5.41, 5.74) is 11.9. The van der Waals surface area contributed by atoms with Crippen LogP contribution in [-0.2, 0) is 4.74 Å². The number of ether oxygens (including phenoxy) is 2. The Labute approximate surface area is 198 Å². The highest BCUT2D eigenvalue weighted by atomic mass is 16.5. The van der Waals surface area contributed by atoms with Crippen molar-refractivity contribution in [1.29, 1.82) is 0 Å². The highest BCUT2D eigenvalue weighted by Crippen LogP contribution is 2.45. The van der Waals surface area contributed by atoms with Gasteiger partial charge < -0.3 is 25.1 Å². The molecule has 1 aliphatic carbocycles. The number of benzene rings is 2. The average molecular weight is 456 g/mol. The lowest BCUT2D eigenvalue weighted by Gasteiger charge is -2.30. The van der Waals surface area contributed by atoms with Crippen molar-refractivity contribution < 1.29 is 9.47 Å². The molecule has 0 unspecified atom stereocenters. The molecule has 2 aromatic carbocycles. The van der Waals surface area contributed by atoms with Crippen molar-refractivity contribution in [2.75, 3.05) is 24.3 Å². The fourth-order valence-corrected chi connectivity index (χ4v) is 4.90. The first-order valence-electron chi connectivity index (χ1n) is 12.1. The molecule has 0 radical (unpaired) electrons. The first-order chi connectivity index (χ1) is 16.8. The number of hydrogen-bond acceptors (Lipinski definition) is 6. The second-order valence-electron chi connectivity index (χ2n) is 9.10. The second kappa shape index (κ2) is 8.99. The van der Waals surface area contributed by atoms with Crippen molar-refractivity contribution in [1.82, 2.24) is 14.5 Å². The zero-order valence-electron chi connectivity index (χ0n) is 19.1. The minimum absolute atomic E-state index is 0.212. The predicted octanol–water partition coefficient (Wildman–Crippen LogP) is 5.71. The molecule has 174 valence electrons. The summed E-state index contributed by atoms with van der Waals surface area (Å²) in [6, 6.07) is 16.9. The number of hydrogen-bond donors (Lipinski definition) is 2. The molecule has 0 amide bonds. The minimum Gasteiger partial charge on any atom is -0.490 e. The van der Waals surface area contributed by atoms with Gasteiger partial charge in [0.15, 0.2) is 0 Å². The summed E-state index contributed by atoms with van der Waals surface area (Å²) in [5, 5.41) is 4.33. The third-order valence-electron chi connectivity index (χ3n) is 6.91. The summed E-state index contributed by atoms with van der Waals surface area (Å²) < 4.78 is 14.2. The molecule has 6 rings (SSSR count). The van der Waals surface area contributed by atoms with E-state index >= 15 is 0 Å². The standard InChI is InChI=1S/C27H29N5O2/c28-25-23-10-9-22(34-21-11-15-33-16-12-21)17-24(23)32(20-3-1-4-20)26(25)18-5-7-19(8-6-18)31-27-29-13-2-14-30-27/h2,5-10,13-14,17,20-21H,1,3-4,11-12,15-16,28H2,(H,29,30,31). The summed E-state index contributed by atoms with van der Waals surface area (Å²) >= 11 is 0. The normalized spacial score (nSPS) is 16.9. The van der Waals surface area contributed by atoms with Gasteiger partial charge in [0.05, 0.1) is 30.1 Å². The number of anilines is 3. The topological polar surface area (TPSA) is 87.2 Å². The van der Waals surface area contributed by atoms with E-state index in [-0.39, 0.29) is 6.10 Å². The fraction of sp³-hybridized carbons (Fsp3) is 0.333. The number of aromatic nitrogens is 3. The molecule has 1 aliphatic heterocycles. The Morgan fingerprint density at radius 3 is 2.44 bits per heavy atom. The molecule has 2 aromatic heterocycles. The van der Waals surface area contributed by atoms with E-state index in [2.05, 4.69) is 50.2 Å². The Kier molecular flexibility index (Phi) is 5.55. The second-order valence-corrected chi connectivity index (χ2v) is 9.10. The van der Waals surface area contributed by atoms with Gasteiger partial charge in [0.25, 0.3) is 0 Å². The number of nitrogens with two attached hydrogens (primary N) is 1. The van der Waals surface area contributed by atoms with Crippen LogP contribution in [0.5, 0.6) is 5.75 Å². The number of fused-ring (bicyclic) bond motifs is 1. The molecule has 2 aliphatic rings. The van der Waals surface area contributed by atoms with Gasteiger partial charge in [0.2, 0.25) is 5.95 Å². The highest BCUT2D eigenvalue weighted by Gasteiger charge is 2.27. The number of nitrogens with one attached hydrogen (secondary N) is 1. The van der Waals surface area contributed by atoms with Crippen LogP contribution in [0.3, 0.4) is 0 Å². The number of rotatable bonds is 6. The lowest BCUT2D eigenvalue weighted by atomic mass is 9.92. The van der Waals surface area contributed by atoms with Crippen LogP contribution >= 0.6 is 0 Å². The summed E-state index contributed by atoms with van der Waals surface area (Å²) in [5.74, 6) is 1.49. The third-order valence-corrected chi connectivity index (χ3v) is 6.91. The van der Waals surface area contributed by atoms with Crippen molar-refractivity contribution in [3.63, 3.8) is 0 Å². The van der Waals surface area contributed by atoms with Gasteiger partial charge in [-0.25, -0.2) is 9.97 Å². The highest BCUT2D eigenvalue weighted by molar-refractivity contribution is 6.01. The first-order valence-corrected chi connectivity index (χ1v) is 12.1. The predicted molar refractivity (Wildman–Crippen MR) is 134 cm³/mol. The molecule has 0 spiro atoms. The van der Waals surface area contributed by atoms with Crippen LogP contribution in [-0.4, -0.2) is 33.9 Å². The van der Waals surface area contributed by atoms with Crippen molar-refractivity contribution in [3.8, 4) is 17.0 Å². The Morgan fingerprint density at radius 1 is 0.971 bits per heavy atom. The molecule has 34 heavy (non-hydrogen) atoms. The maximum Gasteiger partial charge on any atom is 0.227 e. The van der Waals surface area contributed by atoms with E-state index in [9.17, 15) is 0 Å². The SMILES string of the molecule is Nc1c(-c2ccc(Nc3ncccn3)cc2)n(C2CCC2)c2cc(OC3CCOCC3)ccc12. The van der Waals surface area contributed by atoms with E-state index in [1.165, 1.54) is 19.3 Å². The maximum absolute atomic E-state index is 6.77. The lowest BCUT2D eigenvalue weighted by molar-refractivity contribution is 0.0256. The fourth-order valence-electron chi connectivity index (χ4n) is 4.90. The summed E-state index contributed by atoms with van der Waals surface area (Å²) in [4.78, 5) is 8.48. The van der Waals surface area contributed by atoms with Crippen molar-refractivity contribution in [2.24, 2.45) is 0 Å². The van der Waals surface area contributed by atoms with E-state index in [0.29, 0.717) is 12.0 Å². The zero-order chi connectivity index (χ0) is 22.9. The number of nitrogen functional groups attached to an aromatic ring is 1. The maximum atomic E-state index is 6.77. The molecule has 3 N–H and O–H groups in total. The Morgan fingerprint density at radius 2 is 1.74 bits per heavy atom. The quantitative estimate of drug-likeness (QED) is 0.387. The molecule has 0 atom stereocenters. The van der Waals surface area contributed by atoms with Gasteiger partial charge in [0, 0.05) is 54.0 Å². The molecule has 0 bridgehead atoms. The Hall–Kier alpha value is -3.58. The van der Waals surface area contributed by atoms with Crippen LogP contribution < -0.4 is 15.8 Å². The van der Waals surface area contributed by atoms with E-state index in [0.717, 1.165) is 65.3 Å². The van der Waals surface area contributed by atoms with Crippen molar-refractivity contribution >= 4 is 28.2 Å². The van der Waals surface area contributed by atoms with E-state index in [1.54, 1.807) is 18.5 Å². The Bertz CT molecular complexity index is 1280. The van der Waals surface area contributed by atoms with Gasteiger partial charge in [-0.05, 0) is 49.6 Å². The van der Waals surface area contributed by atoms with Crippen LogP contribution in [0.25, 0.3) is 22.2 Å².